The molecule has 17 heavy (non-hydrogen) atoms. The van der Waals surface area contributed by atoms with Crippen LogP contribution in [0.2, 0.25) is 0 Å². The minimum atomic E-state index is 0.562. The van der Waals surface area contributed by atoms with Crippen molar-refractivity contribution in [2.24, 2.45) is 0 Å². The second-order valence-electron chi connectivity index (χ2n) is 4.73. The van der Waals surface area contributed by atoms with Gasteiger partial charge in [-0.1, -0.05) is 19.1 Å². The van der Waals surface area contributed by atoms with Crippen LogP contribution in [0, 0.1) is 0 Å². The average Bonchev–Trinajstić information content (AvgIpc) is 2.35. The standard InChI is InChI=1S/C14H22N2O/c1-4-16(11(2)3)10-12-6-5-7-13-14(12)17-9-8-15-13/h5-7,11,15H,4,8-10H2,1-3H3. The second kappa shape index (κ2) is 5.41. The predicted molar refractivity (Wildman–Crippen MR) is 71.6 cm³/mol. The maximum Gasteiger partial charge on any atom is 0.146 e. The summed E-state index contributed by atoms with van der Waals surface area (Å²) < 4.78 is 5.79. The molecule has 1 aliphatic heterocycles. The van der Waals surface area contributed by atoms with E-state index in [-0.39, 0.29) is 0 Å². The summed E-state index contributed by atoms with van der Waals surface area (Å²) in [7, 11) is 0. The molecular weight excluding hydrogens is 212 g/mol. The third kappa shape index (κ3) is 2.72. The Morgan fingerprint density at radius 3 is 2.94 bits per heavy atom. The molecule has 0 fully saturated rings. The maximum absolute atomic E-state index is 5.79. The lowest BCUT2D eigenvalue weighted by Gasteiger charge is -2.28. The van der Waals surface area contributed by atoms with E-state index in [1.165, 1.54) is 5.56 Å². The van der Waals surface area contributed by atoms with Crippen LogP contribution in [0.25, 0.3) is 0 Å². The molecule has 0 unspecified atom stereocenters. The first-order valence-electron chi connectivity index (χ1n) is 6.45. The van der Waals surface area contributed by atoms with Gasteiger partial charge in [-0.15, -0.1) is 0 Å². The Balaban J connectivity index is 2.20. The van der Waals surface area contributed by atoms with Crippen LogP contribution >= 0.6 is 0 Å². The van der Waals surface area contributed by atoms with Crippen molar-refractivity contribution in [3.63, 3.8) is 0 Å². The van der Waals surface area contributed by atoms with Gasteiger partial charge in [0.15, 0.2) is 0 Å². The first-order chi connectivity index (χ1) is 8.22. The van der Waals surface area contributed by atoms with Crippen LogP contribution < -0.4 is 10.1 Å². The highest BCUT2D eigenvalue weighted by Gasteiger charge is 2.16. The van der Waals surface area contributed by atoms with Crippen molar-refractivity contribution in [3.05, 3.63) is 23.8 Å². The van der Waals surface area contributed by atoms with Gasteiger partial charge in [0, 0.05) is 24.7 Å². The van der Waals surface area contributed by atoms with Crippen LogP contribution in [0.15, 0.2) is 18.2 Å². The van der Waals surface area contributed by atoms with E-state index in [9.17, 15) is 0 Å². The monoisotopic (exact) mass is 234 g/mol. The van der Waals surface area contributed by atoms with Gasteiger partial charge in [-0.25, -0.2) is 0 Å². The molecule has 0 radical (unpaired) electrons. The molecule has 94 valence electrons. The highest BCUT2D eigenvalue weighted by Crippen LogP contribution is 2.32. The molecule has 0 spiro atoms. The summed E-state index contributed by atoms with van der Waals surface area (Å²) in [5.41, 5.74) is 2.42. The van der Waals surface area contributed by atoms with Crippen LogP contribution in [0.4, 0.5) is 5.69 Å². The Morgan fingerprint density at radius 1 is 1.41 bits per heavy atom. The molecule has 1 heterocycles. The van der Waals surface area contributed by atoms with E-state index >= 15 is 0 Å². The second-order valence-corrected chi connectivity index (χ2v) is 4.73. The zero-order chi connectivity index (χ0) is 12.3. The Hall–Kier alpha value is -1.22. The van der Waals surface area contributed by atoms with Crippen LogP contribution in [-0.2, 0) is 6.54 Å². The Labute approximate surface area is 104 Å². The van der Waals surface area contributed by atoms with Gasteiger partial charge in [0.05, 0.1) is 5.69 Å². The Bertz CT molecular complexity index is 376. The minimum Gasteiger partial charge on any atom is -0.489 e. The van der Waals surface area contributed by atoms with Crippen LogP contribution in [0.5, 0.6) is 5.75 Å². The Kier molecular flexibility index (Phi) is 3.89. The topological polar surface area (TPSA) is 24.5 Å². The Morgan fingerprint density at radius 2 is 2.24 bits per heavy atom. The number of benzene rings is 1. The van der Waals surface area contributed by atoms with Crippen LogP contribution in [0.1, 0.15) is 26.3 Å². The van der Waals surface area contributed by atoms with Crippen molar-refractivity contribution < 1.29 is 4.74 Å². The summed E-state index contributed by atoms with van der Waals surface area (Å²) in [6, 6.07) is 6.91. The normalized spacial score (nSPS) is 14.4. The quantitative estimate of drug-likeness (QED) is 0.867. The van der Waals surface area contributed by atoms with Crippen molar-refractivity contribution in [1.82, 2.24) is 4.90 Å². The number of hydrogen-bond acceptors (Lipinski definition) is 3. The van der Waals surface area contributed by atoms with Crippen LogP contribution in [-0.4, -0.2) is 30.6 Å². The van der Waals surface area contributed by atoms with E-state index in [1.54, 1.807) is 0 Å². The van der Waals surface area contributed by atoms with Gasteiger partial charge in [0.25, 0.3) is 0 Å². The van der Waals surface area contributed by atoms with Crippen LogP contribution in [0.3, 0.4) is 0 Å². The maximum atomic E-state index is 5.79. The van der Waals surface area contributed by atoms with Crippen molar-refractivity contribution in [3.8, 4) is 5.75 Å². The molecule has 3 nitrogen and oxygen atoms in total. The molecule has 0 saturated carbocycles. The molecule has 1 aromatic rings. The van der Waals surface area contributed by atoms with Crippen molar-refractivity contribution in [2.45, 2.75) is 33.4 Å². The summed E-state index contributed by atoms with van der Waals surface area (Å²) in [6.45, 7) is 10.4. The molecule has 0 amide bonds. The zero-order valence-electron chi connectivity index (χ0n) is 11.0. The number of nitrogens with zero attached hydrogens (tertiary/aromatic N) is 1. The number of anilines is 1. The first-order valence-corrected chi connectivity index (χ1v) is 6.45. The summed E-state index contributed by atoms with van der Waals surface area (Å²) >= 11 is 0. The van der Waals surface area contributed by atoms with Gasteiger partial charge >= 0.3 is 0 Å². The number of nitrogens with one attached hydrogen (secondary N) is 1. The fourth-order valence-electron chi connectivity index (χ4n) is 2.24. The van der Waals surface area contributed by atoms with Gasteiger partial charge < -0.3 is 10.1 Å². The zero-order valence-corrected chi connectivity index (χ0v) is 11.0. The van der Waals surface area contributed by atoms with Crippen molar-refractivity contribution in [1.29, 1.82) is 0 Å². The van der Waals surface area contributed by atoms with Crippen molar-refractivity contribution >= 4 is 5.69 Å². The third-order valence-corrected chi connectivity index (χ3v) is 3.27. The largest absolute Gasteiger partial charge is 0.489 e. The smallest absolute Gasteiger partial charge is 0.146 e. The third-order valence-electron chi connectivity index (χ3n) is 3.27. The number of ether oxygens (including phenoxy) is 1. The fourth-order valence-corrected chi connectivity index (χ4v) is 2.24. The molecular formula is C14H22N2O. The van der Waals surface area contributed by atoms with Gasteiger partial charge in [-0.3, -0.25) is 4.90 Å². The molecule has 1 aliphatic rings. The minimum absolute atomic E-state index is 0.562. The first kappa shape index (κ1) is 12.2. The molecule has 2 rings (SSSR count). The SMILES string of the molecule is CCN(Cc1cccc2c1OCCN2)C(C)C. The molecule has 0 aromatic heterocycles. The van der Waals surface area contributed by atoms with E-state index in [1.807, 2.05) is 0 Å². The summed E-state index contributed by atoms with van der Waals surface area (Å²) in [5, 5.41) is 3.38. The van der Waals surface area contributed by atoms with Gasteiger partial charge in [0.2, 0.25) is 0 Å². The lowest BCUT2D eigenvalue weighted by atomic mass is 10.1. The molecule has 3 heteroatoms. The predicted octanol–water partition coefficient (Wildman–Crippen LogP) is 2.72. The average molecular weight is 234 g/mol. The van der Waals surface area contributed by atoms with E-state index in [2.05, 4.69) is 49.2 Å². The van der Waals surface area contributed by atoms with Gasteiger partial charge in [0.1, 0.15) is 12.4 Å². The van der Waals surface area contributed by atoms with E-state index in [4.69, 9.17) is 4.74 Å². The molecule has 1 aromatic carbocycles. The molecule has 0 atom stereocenters. The molecule has 0 saturated heterocycles. The lowest BCUT2D eigenvalue weighted by molar-refractivity contribution is 0.219. The summed E-state index contributed by atoms with van der Waals surface area (Å²) in [4.78, 5) is 2.44. The lowest BCUT2D eigenvalue weighted by Crippen LogP contribution is -2.30. The van der Waals surface area contributed by atoms with Gasteiger partial charge in [-0.2, -0.15) is 0 Å². The number of para-hydroxylation sites is 1. The highest BCUT2D eigenvalue weighted by molar-refractivity contribution is 5.61. The summed E-state index contributed by atoms with van der Waals surface area (Å²) in [6.07, 6.45) is 0. The van der Waals surface area contributed by atoms with E-state index in [0.717, 1.165) is 37.7 Å². The summed E-state index contributed by atoms with van der Waals surface area (Å²) in [5.74, 6) is 1.04. The molecule has 0 bridgehead atoms. The number of rotatable bonds is 4. The highest BCUT2D eigenvalue weighted by atomic mass is 16.5. The molecule has 1 N–H and O–H groups in total. The van der Waals surface area contributed by atoms with Crippen molar-refractivity contribution in [2.75, 3.05) is 25.0 Å². The molecule has 0 aliphatic carbocycles. The van der Waals surface area contributed by atoms with E-state index in [0.29, 0.717) is 6.04 Å². The number of fused-ring (bicyclic) bond motifs is 1. The van der Waals surface area contributed by atoms with Gasteiger partial charge in [-0.05, 0) is 26.5 Å². The fraction of sp³-hybridized carbons (Fsp3) is 0.571. The number of hydrogen-bond donors (Lipinski definition) is 1. The van der Waals surface area contributed by atoms with E-state index < -0.39 is 0 Å².